The van der Waals surface area contributed by atoms with Crippen molar-refractivity contribution in [1.82, 2.24) is 4.98 Å². The predicted molar refractivity (Wildman–Crippen MR) is 54.5 cm³/mol. The minimum atomic E-state index is 0.407. The molecule has 0 aliphatic heterocycles. The van der Waals surface area contributed by atoms with E-state index in [1.165, 1.54) is 0 Å². The number of aromatic nitrogens is 1. The summed E-state index contributed by atoms with van der Waals surface area (Å²) in [6.07, 6.45) is 0. The van der Waals surface area contributed by atoms with Gasteiger partial charge in [0.1, 0.15) is 5.82 Å². The number of nitrogens with zero attached hydrogens (tertiary/aromatic N) is 1. The molecule has 0 aliphatic carbocycles. The quantitative estimate of drug-likeness (QED) is 0.677. The number of halogens is 1. The van der Waals surface area contributed by atoms with Gasteiger partial charge in [0.2, 0.25) is 0 Å². The molecule has 1 heterocycles. The molecule has 0 amide bonds. The summed E-state index contributed by atoms with van der Waals surface area (Å²) < 4.78 is 0. The maximum absolute atomic E-state index is 5.70. The Morgan fingerprint density at radius 1 is 1.33 bits per heavy atom. The van der Waals surface area contributed by atoms with Crippen LogP contribution < -0.4 is 5.73 Å². The second-order valence-electron chi connectivity index (χ2n) is 2.26. The summed E-state index contributed by atoms with van der Waals surface area (Å²) in [4.78, 5) is 4.02. The van der Waals surface area contributed by atoms with Gasteiger partial charge in [0.25, 0.3) is 0 Å². The number of aryl methyl sites for hydroxylation is 2. The molecule has 0 radical (unpaired) electrons. The minimum Gasteiger partial charge on any atom is -0.382 e. The predicted octanol–water partition coefficient (Wildman–Crippen LogP) is 2.96. The van der Waals surface area contributed by atoms with E-state index < -0.39 is 0 Å². The third-order valence-corrected chi connectivity index (χ3v) is 1.75. The largest absolute Gasteiger partial charge is 0.382 e. The SMILES string of the molecule is CC.Cc1cc(Cl)c(N)nc1C. The highest BCUT2D eigenvalue weighted by molar-refractivity contribution is 6.32. The van der Waals surface area contributed by atoms with Crippen LogP contribution in [0.5, 0.6) is 0 Å². The highest BCUT2D eigenvalue weighted by atomic mass is 35.5. The Balaban J connectivity index is 0.000000561. The third-order valence-electron chi connectivity index (χ3n) is 1.45. The van der Waals surface area contributed by atoms with Crippen molar-refractivity contribution in [2.45, 2.75) is 27.7 Å². The Kier molecular flexibility index (Phi) is 4.67. The fraction of sp³-hybridized carbons (Fsp3) is 0.444. The fourth-order valence-corrected chi connectivity index (χ4v) is 0.897. The fourth-order valence-electron chi connectivity index (χ4n) is 0.691. The molecule has 0 aromatic carbocycles. The molecule has 0 bridgehead atoms. The molecule has 12 heavy (non-hydrogen) atoms. The van der Waals surface area contributed by atoms with Crippen molar-refractivity contribution in [2.75, 3.05) is 5.73 Å². The molecule has 0 saturated carbocycles. The first-order valence-corrected chi connectivity index (χ1v) is 4.38. The summed E-state index contributed by atoms with van der Waals surface area (Å²) in [6.45, 7) is 7.86. The van der Waals surface area contributed by atoms with E-state index >= 15 is 0 Å². The average molecular weight is 187 g/mol. The van der Waals surface area contributed by atoms with Crippen LogP contribution in [-0.4, -0.2) is 4.98 Å². The first-order chi connectivity index (χ1) is 5.61. The van der Waals surface area contributed by atoms with Gasteiger partial charge in [-0.3, -0.25) is 0 Å². The Labute approximate surface area is 78.8 Å². The average Bonchev–Trinajstić information content (AvgIpc) is 2.05. The minimum absolute atomic E-state index is 0.407. The van der Waals surface area contributed by atoms with Crippen molar-refractivity contribution in [3.05, 3.63) is 22.3 Å². The van der Waals surface area contributed by atoms with Gasteiger partial charge in [0, 0.05) is 5.69 Å². The highest BCUT2D eigenvalue weighted by Gasteiger charge is 1.99. The highest BCUT2D eigenvalue weighted by Crippen LogP contribution is 2.18. The van der Waals surface area contributed by atoms with Crippen molar-refractivity contribution in [2.24, 2.45) is 0 Å². The molecule has 0 saturated heterocycles. The van der Waals surface area contributed by atoms with E-state index in [2.05, 4.69) is 4.98 Å². The normalized spacial score (nSPS) is 8.75. The van der Waals surface area contributed by atoms with Gasteiger partial charge in [-0.1, -0.05) is 25.4 Å². The lowest BCUT2D eigenvalue weighted by Crippen LogP contribution is -1.95. The molecule has 1 rings (SSSR count). The number of nitrogens with two attached hydrogens (primary N) is 1. The van der Waals surface area contributed by atoms with Crippen LogP contribution in [0.15, 0.2) is 6.07 Å². The van der Waals surface area contributed by atoms with Gasteiger partial charge in [-0.15, -0.1) is 0 Å². The molecular formula is C9H15ClN2. The van der Waals surface area contributed by atoms with Crippen LogP contribution >= 0.6 is 11.6 Å². The Morgan fingerprint density at radius 3 is 2.25 bits per heavy atom. The van der Waals surface area contributed by atoms with Gasteiger partial charge in [-0.05, 0) is 25.5 Å². The molecule has 0 fully saturated rings. The molecule has 1 aromatic rings. The zero-order valence-corrected chi connectivity index (χ0v) is 8.74. The lowest BCUT2D eigenvalue weighted by atomic mass is 10.2. The summed E-state index contributed by atoms with van der Waals surface area (Å²) in [6, 6.07) is 1.82. The maximum atomic E-state index is 5.70. The van der Waals surface area contributed by atoms with Gasteiger partial charge in [0.15, 0.2) is 0 Å². The van der Waals surface area contributed by atoms with Crippen LogP contribution in [0, 0.1) is 13.8 Å². The smallest absolute Gasteiger partial charge is 0.142 e. The van der Waals surface area contributed by atoms with Crippen molar-refractivity contribution in [1.29, 1.82) is 0 Å². The second-order valence-corrected chi connectivity index (χ2v) is 2.66. The number of hydrogen-bond acceptors (Lipinski definition) is 2. The molecule has 1 aromatic heterocycles. The number of pyridine rings is 1. The summed E-state index contributed by atoms with van der Waals surface area (Å²) in [5.74, 6) is 0.407. The van der Waals surface area contributed by atoms with E-state index in [9.17, 15) is 0 Å². The monoisotopic (exact) mass is 186 g/mol. The van der Waals surface area contributed by atoms with E-state index in [4.69, 9.17) is 17.3 Å². The van der Waals surface area contributed by atoms with E-state index in [-0.39, 0.29) is 0 Å². The van der Waals surface area contributed by atoms with E-state index in [1.807, 2.05) is 33.8 Å². The molecule has 68 valence electrons. The summed E-state index contributed by atoms with van der Waals surface area (Å²) >= 11 is 5.70. The summed E-state index contributed by atoms with van der Waals surface area (Å²) in [7, 11) is 0. The van der Waals surface area contributed by atoms with Crippen LogP contribution in [0.25, 0.3) is 0 Å². The standard InChI is InChI=1S/C7H9ClN2.C2H6/c1-4-3-6(8)7(9)10-5(4)2;1-2/h3H,1-2H3,(H2,9,10);1-2H3. The van der Waals surface area contributed by atoms with E-state index in [1.54, 1.807) is 0 Å². The first-order valence-electron chi connectivity index (χ1n) is 4.00. The molecule has 0 spiro atoms. The van der Waals surface area contributed by atoms with E-state index in [0.29, 0.717) is 10.8 Å². The van der Waals surface area contributed by atoms with Crippen LogP contribution in [0.2, 0.25) is 5.02 Å². The first kappa shape index (κ1) is 11.2. The number of hydrogen-bond donors (Lipinski definition) is 1. The summed E-state index contributed by atoms with van der Waals surface area (Å²) in [5, 5.41) is 0.531. The third kappa shape index (κ3) is 2.70. The Morgan fingerprint density at radius 2 is 1.83 bits per heavy atom. The van der Waals surface area contributed by atoms with Gasteiger partial charge in [-0.2, -0.15) is 0 Å². The topological polar surface area (TPSA) is 38.9 Å². The zero-order valence-electron chi connectivity index (χ0n) is 7.98. The molecule has 0 unspecified atom stereocenters. The number of anilines is 1. The van der Waals surface area contributed by atoms with Crippen LogP contribution in [-0.2, 0) is 0 Å². The molecule has 0 aliphatic rings. The van der Waals surface area contributed by atoms with Gasteiger partial charge >= 0.3 is 0 Å². The lowest BCUT2D eigenvalue weighted by Gasteiger charge is -2.01. The Bertz CT molecular complexity index is 209. The maximum Gasteiger partial charge on any atom is 0.142 e. The van der Waals surface area contributed by atoms with E-state index in [0.717, 1.165) is 11.3 Å². The molecule has 0 atom stereocenters. The van der Waals surface area contributed by atoms with Crippen LogP contribution in [0.1, 0.15) is 25.1 Å². The van der Waals surface area contributed by atoms with Gasteiger partial charge < -0.3 is 5.73 Å². The van der Waals surface area contributed by atoms with Gasteiger partial charge in [-0.25, -0.2) is 4.98 Å². The summed E-state index contributed by atoms with van der Waals surface area (Å²) in [5.41, 5.74) is 7.45. The van der Waals surface area contributed by atoms with Crippen LogP contribution in [0.4, 0.5) is 5.82 Å². The molecule has 2 N–H and O–H groups in total. The molecule has 3 heteroatoms. The number of rotatable bonds is 0. The molecular weight excluding hydrogens is 172 g/mol. The zero-order chi connectivity index (χ0) is 9.72. The van der Waals surface area contributed by atoms with Crippen molar-refractivity contribution in [3.63, 3.8) is 0 Å². The number of nitrogen functional groups attached to an aromatic ring is 1. The molecule has 2 nitrogen and oxygen atoms in total. The lowest BCUT2D eigenvalue weighted by molar-refractivity contribution is 1.16. The van der Waals surface area contributed by atoms with Crippen LogP contribution in [0.3, 0.4) is 0 Å². The van der Waals surface area contributed by atoms with Crippen molar-refractivity contribution >= 4 is 17.4 Å². The van der Waals surface area contributed by atoms with Crippen molar-refractivity contribution < 1.29 is 0 Å². The Hall–Kier alpha value is -0.760. The van der Waals surface area contributed by atoms with Gasteiger partial charge in [0.05, 0.1) is 5.02 Å². The van der Waals surface area contributed by atoms with Crippen molar-refractivity contribution in [3.8, 4) is 0 Å². The second kappa shape index (κ2) is 4.99.